The van der Waals surface area contributed by atoms with E-state index in [1.54, 1.807) is 43.2 Å². The molecule has 6 heteroatoms. The van der Waals surface area contributed by atoms with Crippen molar-refractivity contribution in [2.75, 3.05) is 14.2 Å². The topological polar surface area (TPSA) is 54.8 Å². The molecule has 0 aliphatic carbocycles. The average Bonchev–Trinajstić information content (AvgIpc) is 2.94. The fourth-order valence-corrected chi connectivity index (χ4v) is 4.10. The lowest BCUT2D eigenvalue weighted by atomic mass is 10.0. The highest BCUT2D eigenvalue weighted by molar-refractivity contribution is 7.99. The number of hydroxylamine groups is 2. The Morgan fingerprint density at radius 3 is 2.76 bits per heavy atom. The molecule has 2 heterocycles. The summed E-state index contributed by atoms with van der Waals surface area (Å²) in [7, 11) is 3.04. The Balaban J connectivity index is 1.93. The summed E-state index contributed by atoms with van der Waals surface area (Å²) in [6, 6.07) is 17.5. The van der Waals surface area contributed by atoms with E-state index < -0.39 is 0 Å². The van der Waals surface area contributed by atoms with E-state index in [0.29, 0.717) is 5.56 Å². The molecule has 0 unspecified atom stereocenters. The van der Waals surface area contributed by atoms with Crippen molar-refractivity contribution in [3.05, 3.63) is 89.8 Å². The molecule has 2 aromatic carbocycles. The zero-order chi connectivity index (χ0) is 20.4. The fourth-order valence-electron chi connectivity index (χ4n) is 3.10. The van der Waals surface area contributed by atoms with E-state index in [1.165, 1.54) is 12.2 Å². The van der Waals surface area contributed by atoms with Crippen LogP contribution >= 0.6 is 11.8 Å². The van der Waals surface area contributed by atoms with Crippen molar-refractivity contribution in [2.45, 2.75) is 9.79 Å². The third kappa shape index (κ3) is 3.60. The number of pyridine rings is 1. The molecule has 0 N–H and O–H groups in total. The number of rotatable bonds is 4. The van der Waals surface area contributed by atoms with Gasteiger partial charge in [0.2, 0.25) is 0 Å². The molecule has 0 bridgehead atoms. The summed E-state index contributed by atoms with van der Waals surface area (Å²) < 4.78 is 0. The quantitative estimate of drug-likeness (QED) is 0.452. The molecule has 0 spiro atoms. The molecular weight excluding hydrogens is 382 g/mol. The van der Waals surface area contributed by atoms with Gasteiger partial charge in [0.1, 0.15) is 0 Å². The number of amides is 1. The van der Waals surface area contributed by atoms with Gasteiger partial charge in [-0.1, -0.05) is 48.7 Å². The third-order valence-corrected chi connectivity index (χ3v) is 5.78. The van der Waals surface area contributed by atoms with Crippen LogP contribution in [0, 0.1) is 0 Å². The first-order valence-corrected chi connectivity index (χ1v) is 9.84. The average molecular weight is 401 g/mol. The predicted molar refractivity (Wildman–Crippen MR) is 116 cm³/mol. The Labute approximate surface area is 173 Å². The molecule has 1 amide bonds. The molecule has 1 aliphatic heterocycles. The van der Waals surface area contributed by atoms with Crippen molar-refractivity contribution in [3.63, 3.8) is 0 Å². The van der Waals surface area contributed by atoms with E-state index in [-0.39, 0.29) is 5.91 Å². The lowest BCUT2D eigenvalue weighted by Gasteiger charge is -2.14. The van der Waals surface area contributed by atoms with Crippen LogP contribution in [0.1, 0.15) is 27.2 Å². The van der Waals surface area contributed by atoms with Gasteiger partial charge in [0.05, 0.1) is 24.2 Å². The predicted octanol–water partition coefficient (Wildman–Crippen LogP) is 4.99. The van der Waals surface area contributed by atoms with Gasteiger partial charge in [0.15, 0.2) is 0 Å². The minimum atomic E-state index is -0.233. The molecule has 0 radical (unpaired) electrons. The Hall–Kier alpha value is -3.22. The van der Waals surface area contributed by atoms with Crippen molar-refractivity contribution in [3.8, 4) is 0 Å². The van der Waals surface area contributed by atoms with Gasteiger partial charge in [-0.3, -0.25) is 14.6 Å². The molecule has 144 valence electrons. The molecule has 3 aromatic rings. The van der Waals surface area contributed by atoms with Gasteiger partial charge in [-0.2, -0.15) is 0 Å². The largest absolute Gasteiger partial charge is 0.277 e. The molecule has 0 saturated carbocycles. The summed E-state index contributed by atoms with van der Waals surface area (Å²) >= 11 is 1.63. The van der Waals surface area contributed by atoms with Crippen LogP contribution in [0.15, 0.2) is 82.2 Å². The summed E-state index contributed by atoms with van der Waals surface area (Å²) in [6.45, 7) is 3.91. The summed E-state index contributed by atoms with van der Waals surface area (Å²) in [6.07, 6.45) is 3.53. The van der Waals surface area contributed by atoms with Crippen LogP contribution in [0.3, 0.4) is 0 Å². The highest BCUT2D eigenvalue weighted by Gasteiger charge is 2.22. The van der Waals surface area contributed by atoms with Gasteiger partial charge in [-0.15, -0.1) is 0 Å². The molecule has 5 nitrogen and oxygen atoms in total. The standard InChI is InChI=1S/C23H19N3O2S/c1-4-15-8-7-13-24-21(15)22-17-9-5-6-10-19(17)29-20-12-11-16(14-18(20)25-22)23(27)26(2)28-3/h4-14H,1H2,2-3H3. The van der Waals surface area contributed by atoms with Crippen molar-refractivity contribution >= 4 is 35.1 Å². The zero-order valence-corrected chi connectivity index (χ0v) is 16.9. The van der Waals surface area contributed by atoms with Gasteiger partial charge in [-0.25, -0.2) is 10.1 Å². The maximum atomic E-state index is 12.5. The highest BCUT2D eigenvalue weighted by Crippen LogP contribution is 2.41. The molecule has 4 rings (SSSR count). The normalized spacial score (nSPS) is 12.3. The maximum absolute atomic E-state index is 12.5. The van der Waals surface area contributed by atoms with Crippen molar-refractivity contribution in [1.29, 1.82) is 0 Å². The van der Waals surface area contributed by atoms with Crippen molar-refractivity contribution < 1.29 is 9.63 Å². The molecule has 29 heavy (non-hydrogen) atoms. The first kappa shape index (κ1) is 19.1. The molecular formula is C23H19N3O2S. The van der Waals surface area contributed by atoms with Crippen LogP contribution in [0.25, 0.3) is 6.08 Å². The van der Waals surface area contributed by atoms with Crippen LogP contribution in [0.4, 0.5) is 5.69 Å². The first-order valence-electron chi connectivity index (χ1n) is 9.02. The summed E-state index contributed by atoms with van der Waals surface area (Å²) in [5.41, 5.74) is 4.64. The Morgan fingerprint density at radius 2 is 1.97 bits per heavy atom. The highest BCUT2D eigenvalue weighted by atomic mass is 32.2. The smallest absolute Gasteiger partial charge is 0.274 e. The van der Waals surface area contributed by atoms with Crippen LogP contribution in [-0.4, -0.2) is 35.8 Å². The van der Waals surface area contributed by atoms with Gasteiger partial charge in [-0.05, 0) is 30.3 Å². The molecule has 1 aliphatic rings. The molecule has 0 fully saturated rings. The second kappa shape index (κ2) is 8.03. The molecule has 0 saturated heterocycles. The minimum absolute atomic E-state index is 0.233. The summed E-state index contributed by atoms with van der Waals surface area (Å²) in [4.78, 5) is 29.2. The van der Waals surface area contributed by atoms with Crippen LogP contribution in [0.5, 0.6) is 0 Å². The van der Waals surface area contributed by atoms with Crippen LogP contribution in [0.2, 0.25) is 0 Å². The van der Waals surface area contributed by atoms with Gasteiger partial charge in [0, 0.05) is 39.7 Å². The number of aromatic nitrogens is 1. The maximum Gasteiger partial charge on any atom is 0.277 e. The second-order valence-electron chi connectivity index (χ2n) is 6.37. The molecule has 0 atom stereocenters. The van der Waals surface area contributed by atoms with Gasteiger partial charge < -0.3 is 0 Å². The SMILES string of the molecule is C=Cc1cccnc1C1=Nc2cc(C(=O)N(C)OC)ccc2Sc2ccccc21. The Bertz CT molecular complexity index is 1140. The number of hydrogen-bond acceptors (Lipinski definition) is 5. The number of fused-ring (bicyclic) bond motifs is 2. The van der Waals surface area contributed by atoms with Crippen LogP contribution in [-0.2, 0) is 4.84 Å². The van der Waals surface area contributed by atoms with Crippen molar-refractivity contribution in [2.24, 2.45) is 4.99 Å². The Kier molecular flexibility index (Phi) is 5.29. The lowest BCUT2D eigenvalue weighted by Crippen LogP contribution is -2.25. The van der Waals surface area contributed by atoms with Crippen LogP contribution < -0.4 is 0 Å². The minimum Gasteiger partial charge on any atom is -0.274 e. The van der Waals surface area contributed by atoms with E-state index in [9.17, 15) is 4.79 Å². The number of nitrogens with zero attached hydrogens (tertiary/aromatic N) is 3. The summed E-state index contributed by atoms with van der Waals surface area (Å²) in [5.74, 6) is -0.233. The van der Waals surface area contributed by atoms with E-state index in [1.807, 2.05) is 36.4 Å². The monoisotopic (exact) mass is 401 g/mol. The van der Waals surface area contributed by atoms with E-state index >= 15 is 0 Å². The fraction of sp³-hybridized carbons (Fsp3) is 0.0870. The number of carbonyl (C=O) groups is 1. The number of benzene rings is 2. The van der Waals surface area contributed by atoms with E-state index in [2.05, 4.69) is 17.6 Å². The van der Waals surface area contributed by atoms with E-state index in [4.69, 9.17) is 9.83 Å². The lowest BCUT2D eigenvalue weighted by molar-refractivity contribution is -0.0756. The third-order valence-electron chi connectivity index (χ3n) is 4.64. The Morgan fingerprint density at radius 1 is 1.14 bits per heavy atom. The number of hydrogen-bond donors (Lipinski definition) is 0. The summed E-state index contributed by atoms with van der Waals surface area (Å²) in [5, 5.41) is 1.19. The van der Waals surface area contributed by atoms with Crippen molar-refractivity contribution in [1.82, 2.24) is 10.0 Å². The number of carbonyl (C=O) groups excluding carboxylic acids is 1. The number of aliphatic imine (C=N–C) groups is 1. The molecule has 1 aromatic heterocycles. The zero-order valence-electron chi connectivity index (χ0n) is 16.1. The first-order chi connectivity index (χ1) is 14.1. The second-order valence-corrected chi connectivity index (χ2v) is 7.46. The van der Waals surface area contributed by atoms with E-state index in [0.717, 1.165) is 38.0 Å². The van der Waals surface area contributed by atoms with Gasteiger partial charge in [0.25, 0.3) is 5.91 Å². The van der Waals surface area contributed by atoms with Gasteiger partial charge >= 0.3 is 0 Å².